The average Bonchev–Trinajstić information content (AvgIpc) is 2.67. The van der Waals surface area contributed by atoms with Crippen molar-refractivity contribution in [3.8, 4) is 5.69 Å². The normalized spacial score (nSPS) is 10.7. The monoisotopic (exact) mass is 276 g/mol. The number of benzene rings is 1. The number of hydrogen-bond donors (Lipinski definition) is 1. The fourth-order valence-corrected chi connectivity index (χ4v) is 2.79. The first-order valence-electron chi connectivity index (χ1n) is 5.96. The van der Waals surface area contributed by atoms with Gasteiger partial charge in [-0.25, -0.2) is 4.98 Å². The van der Waals surface area contributed by atoms with Crippen LogP contribution in [-0.2, 0) is 4.79 Å². The number of imidazole rings is 1. The number of aliphatic carboxylic acids is 1. The molecule has 100 valence electrons. The second-order valence-electron chi connectivity index (χ2n) is 4.46. The van der Waals surface area contributed by atoms with Crippen LogP contribution in [0.3, 0.4) is 0 Å². The molecule has 2 aromatic rings. The summed E-state index contributed by atoms with van der Waals surface area (Å²) in [4.78, 5) is 15.1. The number of carboxylic acids is 1. The molecule has 0 atom stereocenters. The van der Waals surface area contributed by atoms with Crippen LogP contribution in [0, 0.1) is 20.8 Å². The minimum absolute atomic E-state index is 0.0153. The van der Waals surface area contributed by atoms with Crippen molar-refractivity contribution in [1.29, 1.82) is 0 Å². The maximum atomic E-state index is 10.7. The van der Waals surface area contributed by atoms with Gasteiger partial charge in [-0.3, -0.25) is 9.36 Å². The number of para-hydroxylation sites is 1. The molecule has 1 N–H and O–H groups in total. The molecule has 0 saturated carbocycles. The van der Waals surface area contributed by atoms with Crippen molar-refractivity contribution in [1.82, 2.24) is 9.55 Å². The first-order valence-corrected chi connectivity index (χ1v) is 6.95. The van der Waals surface area contributed by atoms with Gasteiger partial charge in [0.1, 0.15) is 0 Å². The summed E-state index contributed by atoms with van der Waals surface area (Å²) < 4.78 is 1.98. The highest BCUT2D eigenvalue weighted by atomic mass is 32.2. The fourth-order valence-electron chi connectivity index (χ4n) is 2.05. The molecule has 0 fully saturated rings. The van der Waals surface area contributed by atoms with Crippen LogP contribution in [0.5, 0.6) is 0 Å². The topological polar surface area (TPSA) is 55.1 Å². The number of nitrogens with zero attached hydrogens (tertiary/aromatic N) is 2. The van der Waals surface area contributed by atoms with Crippen LogP contribution in [0.1, 0.15) is 16.8 Å². The van der Waals surface area contributed by atoms with Crippen molar-refractivity contribution in [2.75, 3.05) is 5.75 Å². The number of hydrogen-bond acceptors (Lipinski definition) is 3. The molecule has 1 heterocycles. The minimum Gasteiger partial charge on any atom is -0.481 e. The smallest absolute Gasteiger partial charge is 0.313 e. The van der Waals surface area contributed by atoms with E-state index in [-0.39, 0.29) is 5.75 Å². The lowest BCUT2D eigenvalue weighted by atomic mass is 10.1. The number of aryl methyl sites for hydroxylation is 3. The van der Waals surface area contributed by atoms with E-state index >= 15 is 0 Å². The molecule has 0 aliphatic carbocycles. The summed E-state index contributed by atoms with van der Waals surface area (Å²) >= 11 is 1.24. The quantitative estimate of drug-likeness (QED) is 0.872. The van der Waals surface area contributed by atoms with Crippen LogP contribution in [-0.4, -0.2) is 26.4 Å². The van der Waals surface area contributed by atoms with E-state index in [0.717, 1.165) is 27.7 Å². The highest BCUT2D eigenvalue weighted by molar-refractivity contribution is 7.99. The van der Waals surface area contributed by atoms with Gasteiger partial charge in [-0.2, -0.15) is 0 Å². The van der Waals surface area contributed by atoms with Crippen LogP contribution >= 0.6 is 11.8 Å². The average molecular weight is 276 g/mol. The summed E-state index contributed by atoms with van der Waals surface area (Å²) in [5.74, 6) is -0.819. The molecule has 0 amide bonds. The van der Waals surface area contributed by atoms with Crippen molar-refractivity contribution < 1.29 is 9.90 Å². The molecule has 0 saturated heterocycles. The molecule has 0 radical (unpaired) electrons. The molecule has 4 nitrogen and oxygen atoms in total. The van der Waals surface area contributed by atoms with E-state index in [0.29, 0.717) is 0 Å². The largest absolute Gasteiger partial charge is 0.481 e. The van der Waals surface area contributed by atoms with E-state index in [4.69, 9.17) is 5.11 Å². The predicted molar refractivity (Wildman–Crippen MR) is 76.1 cm³/mol. The first kappa shape index (κ1) is 13.7. The molecule has 0 aliphatic heterocycles. The first-order chi connectivity index (χ1) is 8.99. The molecule has 1 aromatic carbocycles. The Morgan fingerprint density at radius 1 is 1.32 bits per heavy atom. The predicted octanol–water partition coefficient (Wildman–Crippen LogP) is 2.97. The number of thioether (sulfide) groups is 1. The Kier molecular flexibility index (Phi) is 3.95. The summed E-state index contributed by atoms with van der Waals surface area (Å²) in [6.45, 7) is 6.00. The van der Waals surface area contributed by atoms with Crippen molar-refractivity contribution in [2.45, 2.75) is 25.9 Å². The van der Waals surface area contributed by atoms with E-state index in [1.54, 1.807) is 0 Å². The van der Waals surface area contributed by atoms with Gasteiger partial charge in [0, 0.05) is 6.20 Å². The molecule has 2 rings (SSSR count). The lowest BCUT2D eigenvalue weighted by Crippen LogP contribution is -2.03. The van der Waals surface area contributed by atoms with E-state index in [1.165, 1.54) is 11.8 Å². The lowest BCUT2D eigenvalue weighted by Gasteiger charge is -2.12. The van der Waals surface area contributed by atoms with Gasteiger partial charge in [-0.05, 0) is 31.9 Å². The minimum atomic E-state index is -0.835. The van der Waals surface area contributed by atoms with Gasteiger partial charge in [0.25, 0.3) is 0 Å². The van der Waals surface area contributed by atoms with Gasteiger partial charge in [-0.15, -0.1) is 0 Å². The van der Waals surface area contributed by atoms with E-state index < -0.39 is 5.97 Å². The lowest BCUT2D eigenvalue weighted by molar-refractivity contribution is -0.133. The highest BCUT2D eigenvalue weighted by Gasteiger charge is 2.13. The van der Waals surface area contributed by atoms with Crippen LogP contribution in [0.4, 0.5) is 0 Å². The van der Waals surface area contributed by atoms with Crippen LogP contribution in [0.15, 0.2) is 29.6 Å². The number of carbonyl (C=O) groups is 1. The Labute approximate surface area is 116 Å². The summed E-state index contributed by atoms with van der Waals surface area (Å²) in [5, 5.41) is 9.51. The van der Waals surface area contributed by atoms with E-state index in [2.05, 4.69) is 4.98 Å². The second kappa shape index (κ2) is 5.48. The SMILES string of the molecule is Cc1cn(-c2c(C)cccc2C)c(SCC(=O)O)n1. The summed E-state index contributed by atoms with van der Waals surface area (Å²) in [6, 6.07) is 6.11. The molecule has 1 aromatic heterocycles. The molecule has 0 spiro atoms. The van der Waals surface area contributed by atoms with Gasteiger partial charge in [0.15, 0.2) is 5.16 Å². The Morgan fingerprint density at radius 3 is 2.53 bits per heavy atom. The zero-order valence-electron chi connectivity index (χ0n) is 11.2. The maximum absolute atomic E-state index is 10.7. The van der Waals surface area contributed by atoms with Gasteiger partial charge >= 0.3 is 5.97 Å². The van der Waals surface area contributed by atoms with Crippen molar-refractivity contribution >= 4 is 17.7 Å². The Balaban J connectivity index is 2.47. The molecule has 0 unspecified atom stereocenters. The van der Waals surface area contributed by atoms with Crippen LogP contribution in [0.25, 0.3) is 5.69 Å². The van der Waals surface area contributed by atoms with Crippen LogP contribution < -0.4 is 0 Å². The number of aromatic nitrogens is 2. The molecular weight excluding hydrogens is 260 g/mol. The molecule has 0 aliphatic rings. The molecular formula is C14H16N2O2S. The van der Waals surface area contributed by atoms with Crippen LogP contribution in [0.2, 0.25) is 0 Å². The van der Waals surface area contributed by atoms with Gasteiger partial charge in [-0.1, -0.05) is 30.0 Å². The highest BCUT2D eigenvalue weighted by Crippen LogP contribution is 2.26. The standard InChI is InChI=1S/C14H16N2O2S/c1-9-5-4-6-10(2)13(9)16-7-11(3)15-14(16)19-8-12(17)18/h4-7H,8H2,1-3H3,(H,17,18). The molecule has 5 heteroatoms. The third-order valence-electron chi connectivity index (χ3n) is 2.80. The zero-order chi connectivity index (χ0) is 14.0. The van der Waals surface area contributed by atoms with Crippen molar-refractivity contribution in [3.63, 3.8) is 0 Å². The maximum Gasteiger partial charge on any atom is 0.313 e. The Bertz CT molecular complexity index is 600. The number of rotatable bonds is 4. The summed E-state index contributed by atoms with van der Waals surface area (Å²) in [5.41, 5.74) is 4.26. The van der Waals surface area contributed by atoms with E-state index in [1.807, 2.05) is 49.7 Å². The summed E-state index contributed by atoms with van der Waals surface area (Å²) in [6.07, 6.45) is 1.94. The van der Waals surface area contributed by atoms with Crippen molar-refractivity contribution in [3.05, 3.63) is 41.2 Å². The Morgan fingerprint density at radius 2 is 1.95 bits per heavy atom. The molecule has 19 heavy (non-hydrogen) atoms. The van der Waals surface area contributed by atoms with E-state index in [9.17, 15) is 4.79 Å². The Hall–Kier alpha value is -1.75. The van der Waals surface area contributed by atoms with Crippen molar-refractivity contribution in [2.24, 2.45) is 0 Å². The number of carboxylic acid groups (broad SMARTS) is 1. The fraction of sp³-hybridized carbons (Fsp3) is 0.286. The third kappa shape index (κ3) is 2.98. The van der Waals surface area contributed by atoms with Gasteiger partial charge in [0.2, 0.25) is 0 Å². The second-order valence-corrected chi connectivity index (χ2v) is 5.40. The zero-order valence-corrected chi connectivity index (χ0v) is 12.0. The third-order valence-corrected chi connectivity index (χ3v) is 3.74. The summed E-state index contributed by atoms with van der Waals surface area (Å²) in [7, 11) is 0. The van der Waals surface area contributed by atoms with Gasteiger partial charge < -0.3 is 5.11 Å². The molecule has 0 bridgehead atoms. The van der Waals surface area contributed by atoms with Gasteiger partial charge in [0.05, 0.1) is 17.1 Å².